The maximum atomic E-state index is 14.8. The highest BCUT2D eigenvalue weighted by Crippen LogP contribution is 2.42. The van der Waals surface area contributed by atoms with E-state index in [1.165, 1.54) is 6.07 Å². The first-order valence-electron chi connectivity index (χ1n) is 10.8. The third kappa shape index (κ3) is 6.51. The third-order valence-electron chi connectivity index (χ3n) is 4.94. The summed E-state index contributed by atoms with van der Waals surface area (Å²) in [4.78, 5) is 16.7. The van der Waals surface area contributed by atoms with Crippen molar-refractivity contribution in [2.24, 2.45) is 0 Å². The molecule has 2 heterocycles. The first kappa shape index (κ1) is 26.3. The van der Waals surface area contributed by atoms with Crippen LogP contribution in [0.4, 0.5) is 4.39 Å². The molecule has 7 heteroatoms. The Kier molecular flexibility index (Phi) is 8.82. The number of rotatable bonds is 4. The largest absolute Gasteiger partial charge is 0.490 e. The molecule has 1 aliphatic heterocycles. The Morgan fingerprint density at radius 1 is 1.28 bits per heavy atom. The molecule has 0 bridgehead atoms. The quantitative estimate of drug-likeness (QED) is 0.528. The highest BCUT2D eigenvalue weighted by molar-refractivity contribution is 9.10. The van der Waals surface area contributed by atoms with Gasteiger partial charge in [0.05, 0.1) is 30.9 Å². The van der Waals surface area contributed by atoms with Crippen molar-refractivity contribution in [2.45, 2.75) is 73.3 Å². The van der Waals surface area contributed by atoms with Crippen molar-refractivity contribution in [1.82, 2.24) is 4.98 Å². The summed E-state index contributed by atoms with van der Waals surface area (Å²) in [5.41, 5.74) is 5.23. The predicted octanol–water partition coefficient (Wildman–Crippen LogP) is 5.78. The van der Waals surface area contributed by atoms with E-state index in [0.29, 0.717) is 19.0 Å². The van der Waals surface area contributed by atoms with Gasteiger partial charge in [0, 0.05) is 21.3 Å². The van der Waals surface area contributed by atoms with Gasteiger partial charge in [-0.1, -0.05) is 0 Å². The maximum Gasteiger partial charge on any atom is 0.310 e. The number of halogens is 2. The lowest BCUT2D eigenvalue weighted by atomic mass is 9.88. The molecule has 0 spiro atoms. The second kappa shape index (κ2) is 10.8. The molecule has 1 N–H and O–H groups in total. The van der Waals surface area contributed by atoms with E-state index in [4.69, 9.17) is 14.6 Å². The molecule has 1 aliphatic rings. The number of ether oxygens (including phenoxy) is 2. The first-order chi connectivity index (χ1) is 14.8. The molecule has 1 aromatic heterocycles. The van der Waals surface area contributed by atoms with Gasteiger partial charge in [0.15, 0.2) is 11.6 Å². The number of hydrogen-bond donors (Lipinski definition) is 1. The van der Waals surface area contributed by atoms with Gasteiger partial charge in [-0.05, 0) is 100.0 Å². The second-order valence-corrected chi connectivity index (χ2v) is 9.69. The molecule has 3 rings (SSSR count). The molecule has 176 valence electrons. The zero-order valence-corrected chi connectivity index (χ0v) is 21.6. The molecule has 5 nitrogen and oxygen atoms in total. The van der Waals surface area contributed by atoms with Crippen LogP contribution in [0.3, 0.4) is 0 Å². The average molecular weight is 510 g/mol. The molecule has 0 unspecified atom stereocenters. The number of nitrogens with zero attached hydrogens (tertiary/aromatic N) is 1. The molecular formula is C25H33BrFNO4. The van der Waals surface area contributed by atoms with Crippen LogP contribution in [-0.4, -0.2) is 34.9 Å². The fraction of sp³-hybridized carbons (Fsp3) is 0.520. The van der Waals surface area contributed by atoms with Gasteiger partial charge in [-0.3, -0.25) is 9.78 Å². The molecule has 0 saturated carbocycles. The summed E-state index contributed by atoms with van der Waals surface area (Å²) < 4.78 is 26.3. The van der Waals surface area contributed by atoms with E-state index < -0.39 is 5.60 Å². The van der Waals surface area contributed by atoms with Crippen LogP contribution in [-0.2, 0) is 22.4 Å². The molecule has 0 fully saturated rings. The molecule has 32 heavy (non-hydrogen) atoms. The standard InChI is InChI=1S/C21H23BrFNO3.C4H10O/c1-5-26-18(25)10-16-12(3)24-13(4)20(22)19(16)15-9-17(23)21-14(11(15)2)7-6-8-27-21;1-4(2,3)5/h9H,5-8,10H2,1-4H3;5H,1-3H3. The average Bonchev–Trinajstić information content (AvgIpc) is 2.68. The van der Waals surface area contributed by atoms with Gasteiger partial charge in [0.25, 0.3) is 0 Å². The van der Waals surface area contributed by atoms with Crippen molar-refractivity contribution in [3.05, 3.63) is 44.4 Å². The highest BCUT2D eigenvalue weighted by atomic mass is 79.9. The molecule has 2 aromatic rings. The Morgan fingerprint density at radius 3 is 2.50 bits per heavy atom. The van der Waals surface area contributed by atoms with Crippen LogP contribution in [0.2, 0.25) is 0 Å². The first-order valence-corrected chi connectivity index (χ1v) is 11.6. The molecular weight excluding hydrogens is 477 g/mol. The van der Waals surface area contributed by atoms with Crippen molar-refractivity contribution >= 4 is 21.9 Å². The molecule has 1 aromatic carbocycles. The summed E-state index contributed by atoms with van der Waals surface area (Å²) in [5.74, 6) is -0.335. The van der Waals surface area contributed by atoms with Gasteiger partial charge in [-0.15, -0.1) is 0 Å². The summed E-state index contributed by atoms with van der Waals surface area (Å²) in [6.07, 6.45) is 1.73. The Hall–Kier alpha value is -1.99. The van der Waals surface area contributed by atoms with Gasteiger partial charge >= 0.3 is 5.97 Å². The molecule has 0 amide bonds. The lowest BCUT2D eigenvalue weighted by molar-refractivity contribution is -0.142. The summed E-state index contributed by atoms with van der Waals surface area (Å²) >= 11 is 3.62. The SMILES string of the molecule is CC(C)(C)O.CCOC(=O)Cc1c(C)nc(C)c(Br)c1-c1cc(F)c2c(c1C)CCCO2. The normalized spacial score (nSPS) is 12.9. The molecule has 0 saturated heterocycles. The minimum atomic E-state index is -0.500. The van der Waals surface area contributed by atoms with Gasteiger partial charge in [-0.25, -0.2) is 4.39 Å². The van der Waals surface area contributed by atoms with Crippen molar-refractivity contribution in [2.75, 3.05) is 13.2 Å². The van der Waals surface area contributed by atoms with Crippen LogP contribution in [0, 0.1) is 26.6 Å². The number of pyridine rings is 1. The number of benzene rings is 1. The monoisotopic (exact) mass is 509 g/mol. The Balaban J connectivity index is 0.000000654. The minimum Gasteiger partial charge on any atom is -0.490 e. The van der Waals surface area contributed by atoms with Crippen LogP contribution in [0.1, 0.15) is 62.2 Å². The summed E-state index contributed by atoms with van der Waals surface area (Å²) in [6, 6.07) is 1.51. The smallest absolute Gasteiger partial charge is 0.310 e. The van der Waals surface area contributed by atoms with Gasteiger partial charge in [0.2, 0.25) is 0 Å². The Bertz CT molecular complexity index is 993. The number of carbonyl (C=O) groups excluding carboxylic acids is 1. The van der Waals surface area contributed by atoms with Crippen molar-refractivity contribution < 1.29 is 23.8 Å². The number of aryl methyl sites for hydroxylation is 2. The number of aromatic nitrogens is 1. The number of fused-ring (bicyclic) bond motifs is 1. The summed E-state index contributed by atoms with van der Waals surface area (Å²) in [7, 11) is 0. The Morgan fingerprint density at radius 2 is 1.91 bits per heavy atom. The van der Waals surface area contributed by atoms with E-state index in [0.717, 1.165) is 56.5 Å². The number of hydrogen-bond acceptors (Lipinski definition) is 5. The van der Waals surface area contributed by atoms with E-state index in [1.807, 2.05) is 20.8 Å². The molecule has 0 aliphatic carbocycles. The van der Waals surface area contributed by atoms with Crippen LogP contribution in [0.5, 0.6) is 5.75 Å². The van der Waals surface area contributed by atoms with Crippen molar-refractivity contribution in [1.29, 1.82) is 0 Å². The Labute approximate surface area is 198 Å². The van der Waals surface area contributed by atoms with E-state index in [-0.39, 0.29) is 18.2 Å². The van der Waals surface area contributed by atoms with Gasteiger partial charge < -0.3 is 14.6 Å². The molecule has 0 radical (unpaired) electrons. The van der Waals surface area contributed by atoms with Gasteiger partial charge in [0.1, 0.15) is 0 Å². The second-order valence-electron chi connectivity index (χ2n) is 8.89. The summed E-state index contributed by atoms with van der Waals surface area (Å²) in [5, 5.41) is 8.52. The van der Waals surface area contributed by atoms with Crippen LogP contribution in [0.15, 0.2) is 10.5 Å². The third-order valence-corrected chi connectivity index (χ3v) is 5.91. The van der Waals surface area contributed by atoms with E-state index in [9.17, 15) is 9.18 Å². The van der Waals surface area contributed by atoms with Crippen molar-refractivity contribution in [3.8, 4) is 16.9 Å². The van der Waals surface area contributed by atoms with Crippen molar-refractivity contribution in [3.63, 3.8) is 0 Å². The van der Waals surface area contributed by atoms with E-state index >= 15 is 0 Å². The lowest BCUT2D eigenvalue weighted by Crippen LogP contribution is -2.14. The number of carbonyl (C=O) groups is 1. The van der Waals surface area contributed by atoms with Gasteiger partial charge in [-0.2, -0.15) is 0 Å². The molecule has 0 atom stereocenters. The van der Waals surface area contributed by atoms with Crippen LogP contribution < -0.4 is 4.74 Å². The van der Waals surface area contributed by atoms with Crippen LogP contribution in [0.25, 0.3) is 11.1 Å². The maximum absolute atomic E-state index is 14.8. The zero-order chi connectivity index (χ0) is 24.2. The minimum absolute atomic E-state index is 0.0928. The lowest BCUT2D eigenvalue weighted by Gasteiger charge is -2.24. The zero-order valence-electron chi connectivity index (χ0n) is 20.0. The topological polar surface area (TPSA) is 68.7 Å². The van der Waals surface area contributed by atoms with E-state index in [2.05, 4.69) is 20.9 Å². The summed E-state index contributed by atoms with van der Waals surface area (Å²) in [6.45, 7) is 13.6. The number of esters is 1. The van der Waals surface area contributed by atoms with E-state index in [1.54, 1.807) is 27.7 Å². The van der Waals surface area contributed by atoms with Crippen LogP contribution >= 0.6 is 15.9 Å². The predicted molar refractivity (Wildman–Crippen MR) is 128 cm³/mol. The fourth-order valence-electron chi connectivity index (χ4n) is 3.63. The fourth-order valence-corrected chi connectivity index (χ4v) is 4.17. The number of aliphatic hydroxyl groups is 1. The highest BCUT2D eigenvalue weighted by Gasteiger charge is 2.25.